The molecule has 2 rings (SSSR count). The van der Waals surface area contributed by atoms with E-state index < -0.39 is 0 Å². The van der Waals surface area contributed by atoms with Crippen molar-refractivity contribution in [2.24, 2.45) is 0 Å². The zero-order valence-electron chi connectivity index (χ0n) is 5.95. The van der Waals surface area contributed by atoms with E-state index in [1.807, 2.05) is 23.6 Å². The van der Waals surface area contributed by atoms with Gasteiger partial charge in [0.05, 0.1) is 5.52 Å². The van der Waals surface area contributed by atoms with Crippen molar-refractivity contribution in [2.45, 2.75) is 6.92 Å². The first-order chi connectivity index (χ1) is 5.29. The van der Waals surface area contributed by atoms with Crippen LogP contribution in [0.15, 0.2) is 18.3 Å². The SMILES string of the molecule is Cc1nc(I)c2cccnn12. The molecule has 0 spiro atoms. The molecule has 3 nitrogen and oxygen atoms in total. The lowest BCUT2D eigenvalue weighted by atomic mass is 10.5. The summed E-state index contributed by atoms with van der Waals surface area (Å²) in [6, 6.07) is 3.92. The van der Waals surface area contributed by atoms with Crippen LogP contribution in [0.25, 0.3) is 5.52 Å². The number of nitrogens with zero attached hydrogens (tertiary/aromatic N) is 3. The topological polar surface area (TPSA) is 30.2 Å². The van der Waals surface area contributed by atoms with Crippen molar-refractivity contribution in [2.75, 3.05) is 0 Å². The molecule has 11 heavy (non-hydrogen) atoms. The predicted molar refractivity (Wildman–Crippen MR) is 50.4 cm³/mol. The zero-order valence-corrected chi connectivity index (χ0v) is 8.11. The molecule has 0 radical (unpaired) electrons. The van der Waals surface area contributed by atoms with E-state index in [9.17, 15) is 0 Å². The summed E-state index contributed by atoms with van der Waals surface area (Å²) in [5, 5.41) is 4.15. The van der Waals surface area contributed by atoms with Gasteiger partial charge in [0.2, 0.25) is 0 Å². The molecule has 0 amide bonds. The summed E-state index contributed by atoms with van der Waals surface area (Å²) in [7, 11) is 0. The Bertz CT molecular complexity index is 357. The number of hydrogen-bond donors (Lipinski definition) is 0. The highest BCUT2D eigenvalue weighted by Gasteiger charge is 2.03. The summed E-state index contributed by atoms with van der Waals surface area (Å²) < 4.78 is 2.84. The van der Waals surface area contributed by atoms with Crippen LogP contribution in [0.2, 0.25) is 0 Å². The third kappa shape index (κ3) is 1.01. The molecule has 0 aromatic carbocycles. The number of hydrogen-bond acceptors (Lipinski definition) is 2. The van der Waals surface area contributed by atoms with Crippen molar-refractivity contribution in [3.8, 4) is 0 Å². The summed E-state index contributed by atoms with van der Waals surface area (Å²) in [5.41, 5.74) is 1.07. The van der Waals surface area contributed by atoms with Gasteiger partial charge in [-0.2, -0.15) is 5.10 Å². The normalized spacial score (nSPS) is 10.7. The second kappa shape index (κ2) is 2.44. The molecular weight excluding hydrogens is 253 g/mol. The Morgan fingerprint density at radius 2 is 2.36 bits per heavy atom. The van der Waals surface area contributed by atoms with Crippen molar-refractivity contribution in [3.05, 3.63) is 27.9 Å². The number of imidazole rings is 1. The van der Waals surface area contributed by atoms with E-state index in [4.69, 9.17) is 0 Å². The van der Waals surface area contributed by atoms with Crippen molar-refractivity contribution in [3.63, 3.8) is 0 Å². The highest BCUT2D eigenvalue weighted by molar-refractivity contribution is 14.1. The first kappa shape index (κ1) is 7.02. The second-order valence-corrected chi connectivity index (χ2v) is 3.29. The summed E-state index contributed by atoms with van der Waals surface area (Å²) in [4.78, 5) is 4.28. The number of rotatable bonds is 0. The maximum absolute atomic E-state index is 4.28. The highest BCUT2D eigenvalue weighted by atomic mass is 127. The van der Waals surface area contributed by atoms with Crippen molar-refractivity contribution in [1.82, 2.24) is 14.6 Å². The smallest absolute Gasteiger partial charge is 0.129 e. The second-order valence-electron chi connectivity index (χ2n) is 2.27. The van der Waals surface area contributed by atoms with Gasteiger partial charge in [0.1, 0.15) is 9.53 Å². The largest absolute Gasteiger partial charge is 0.225 e. The molecule has 2 aromatic rings. The number of fused-ring (bicyclic) bond motifs is 1. The summed E-state index contributed by atoms with van der Waals surface area (Å²) in [5.74, 6) is 0.935. The van der Waals surface area contributed by atoms with Crippen LogP contribution in [0.4, 0.5) is 0 Å². The van der Waals surface area contributed by atoms with Crippen LogP contribution in [0, 0.1) is 10.6 Å². The first-order valence-electron chi connectivity index (χ1n) is 3.25. The third-order valence-electron chi connectivity index (χ3n) is 1.53. The van der Waals surface area contributed by atoms with Gasteiger partial charge in [-0.1, -0.05) is 0 Å². The molecule has 0 N–H and O–H groups in total. The van der Waals surface area contributed by atoms with Gasteiger partial charge in [-0.15, -0.1) is 0 Å². The number of aryl methyl sites for hydroxylation is 1. The summed E-state index contributed by atoms with van der Waals surface area (Å²) in [6.07, 6.45) is 1.76. The molecule has 0 aliphatic rings. The highest BCUT2D eigenvalue weighted by Crippen LogP contribution is 2.12. The molecule has 56 valence electrons. The maximum Gasteiger partial charge on any atom is 0.129 e. The molecule has 0 fully saturated rings. The Hall–Kier alpha value is -0.650. The van der Waals surface area contributed by atoms with Crippen LogP contribution in [0.1, 0.15) is 5.82 Å². The van der Waals surface area contributed by atoms with Gasteiger partial charge >= 0.3 is 0 Å². The van der Waals surface area contributed by atoms with Gasteiger partial charge in [0.15, 0.2) is 0 Å². The lowest BCUT2D eigenvalue weighted by molar-refractivity contribution is 0.876. The minimum absolute atomic E-state index is 0.935. The lowest BCUT2D eigenvalue weighted by Crippen LogP contribution is -1.91. The van der Waals surface area contributed by atoms with Gasteiger partial charge in [-0.25, -0.2) is 9.50 Å². The molecule has 0 bridgehead atoms. The molecule has 0 saturated heterocycles. The first-order valence-corrected chi connectivity index (χ1v) is 4.33. The number of aromatic nitrogens is 3. The van der Waals surface area contributed by atoms with E-state index in [1.165, 1.54) is 0 Å². The van der Waals surface area contributed by atoms with E-state index in [1.54, 1.807) is 6.20 Å². The van der Waals surface area contributed by atoms with Crippen LogP contribution >= 0.6 is 22.6 Å². The van der Waals surface area contributed by atoms with Gasteiger partial charge in [-0.05, 0) is 41.6 Å². The van der Waals surface area contributed by atoms with Gasteiger partial charge in [-0.3, -0.25) is 0 Å². The van der Waals surface area contributed by atoms with E-state index in [0.717, 1.165) is 15.0 Å². The van der Waals surface area contributed by atoms with Crippen molar-refractivity contribution >= 4 is 28.1 Å². The van der Waals surface area contributed by atoms with E-state index in [-0.39, 0.29) is 0 Å². The zero-order chi connectivity index (χ0) is 7.84. The predicted octanol–water partition coefficient (Wildman–Crippen LogP) is 1.64. The summed E-state index contributed by atoms with van der Waals surface area (Å²) in [6.45, 7) is 1.95. The third-order valence-corrected chi connectivity index (χ3v) is 2.32. The fourth-order valence-corrected chi connectivity index (χ4v) is 1.79. The molecule has 0 saturated carbocycles. The average Bonchev–Trinajstić information content (AvgIpc) is 2.30. The molecule has 0 aliphatic heterocycles. The standard InChI is InChI=1S/C7H6IN3/c1-5-10-7(8)6-3-2-4-9-11(5)6/h2-4H,1H3. The van der Waals surface area contributed by atoms with E-state index in [2.05, 4.69) is 32.7 Å². The summed E-state index contributed by atoms with van der Waals surface area (Å²) >= 11 is 2.21. The maximum atomic E-state index is 4.28. The van der Waals surface area contributed by atoms with Crippen LogP contribution < -0.4 is 0 Å². The van der Waals surface area contributed by atoms with Gasteiger partial charge in [0, 0.05) is 6.20 Å². The molecule has 4 heteroatoms. The Morgan fingerprint density at radius 1 is 1.55 bits per heavy atom. The van der Waals surface area contributed by atoms with Crippen LogP contribution in [-0.2, 0) is 0 Å². The van der Waals surface area contributed by atoms with E-state index in [0.29, 0.717) is 0 Å². The Kier molecular flexibility index (Phi) is 1.56. The molecular formula is C7H6IN3. The lowest BCUT2D eigenvalue weighted by Gasteiger charge is -1.90. The van der Waals surface area contributed by atoms with Gasteiger partial charge in [0.25, 0.3) is 0 Å². The van der Waals surface area contributed by atoms with Crippen LogP contribution in [0.5, 0.6) is 0 Å². The Balaban J connectivity index is 2.95. The quantitative estimate of drug-likeness (QED) is 0.673. The average molecular weight is 259 g/mol. The number of halogens is 1. The fraction of sp³-hybridized carbons (Fsp3) is 0.143. The van der Waals surface area contributed by atoms with Crippen molar-refractivity contribution < 1.29 is 0 Å². The Morgan fingerprint density at radius 3 is 3.09 bits per heavy atom. The fourth-order valence-electron chi connectivity index (χ4n) is 1.03. The minimum atomic E-state index is 0.935. The molecule has 0 atom stereocenters. The molecule has 0 unspecified atom stereocenters. The van der Waals surface area contributed by atoms with Crippen LogP contribution in [0.3, 0.4) is 0 Å². The van der Waals surface area contributed by atoms with Gasteiger partial charge < -0.3 is 0 Å². The van der Waals surface area contributed by atoms with Crippen LogP contribution in [-0.4, -0.2) is 14.6 Å². The molecule has 2 heterocycles. The van der Waals surface area contributed by atoms with Crippen molar-refractivity contribution in [1.29, 1.82) is 0 Å². The molecule has 0 aliphatic carbocycles. The Labute approximate surface area is 77.6 Å². The van der Waals surface area contributed by atoms with E-state index >= 15 is 0 Å². The molecule has 2 aromatic heterocycles. The monoisotopic (exact) mass is 259 g/mol. The minimum Gasteiger partial charge on any atom is -0.225 e.